The van der Waals surface area contributed by atoms with Crippen molar-refractivity contribution in [3.8, 4) is 11.1 Å². The summed E-state index contributed by atoms with van der Waals surface area (Å²) in [6.07, 6.45) is 1.44. The Kier molecular flexibility index (Phi) is 4.07. The van der Waals surface area contributed by atoms with Crippen molar-refractivity contribution in [2.45, 2.75) is 40.3 Å². The van der Waals surface area contributed by atoms with Gasteiger partial charge in [-0.25, -0.2) is 4.79 Å². The Balaban J connectivity index is 1.98. The number of fused-ring (bicyclic) bond motifs is 2. The number of carbonyl (C=O) groups is 1. The van der Waals surface area contributed by atoms with Crippen molar-refractivity contribution in [2.75, 3.05) is 5.32 Å². The zero-order chi connectivity index (χ0) is 19.3. The largest absolute Gasteiger partial charge is 0.457 e. The number of anilines is 1. The monoisotopic (exact) mass is 385 g/mol. The van der Waals surface area contributed by atoms with Gasteiger partial charge in [-0.15, -0.1) is 0 Å². The lowest BCUT2D eigenvalue weighted by Gasteiger charge is -2.30. The normalized spacial score (nSPS) is 14.9. The molecule has 1 aliphatic rings. The number of hydrogen-bond donors (Lipinski definition) is 1. The maximum atomic E-state index is 12.0. The summed E-state index contributed by atoms with van der Waals surface area (Å²) in [5, 5.41) is 8.14. The van der Waals surface area contributed by atoms with Gasteiger partial charge < -0.3 is 10.1 Å². The summed E-state index contributed by atoms with van der Waals surface area (Å²) in [5.41, 5.74) is 2.84. The first-order valence-electron chi connectivity index (χ1n) is 8.72. The predicted molar refractivity (Wildman–Crippen MR) is 103 cm³/mol. The zero-order valence-electron chi connectivity index (χ0n) is 15.6. The highest BCUT2D eigenvalue weighted by molar-refractivity contribution is 6.33. The molecule has 0 saturated heterocycles. The number of aromatic nitrogens is 4. The van der Waals surface area contributed by atoms with E-state index in [4.69, 9.17) is 16.3 Å². The fourth-order valence-corrected chi connectivity index (χ4v) is 3.26. The Morgan fingerprint density at radius 2 is 2.04 bits per heavy atom. The summed E-state index contributed by atoms with van der Waals surface area (Å²) >= 11 is 6.58. The van der Waals surface area contributed by atoms with E-state index in [-0.39, 0.29) is 24.0 Å². The standard InChI is InChI=1S/C19H20ClN5O2/c1-10(19(2,3)4)23-16-14(15(20)24-18-21-9-22-25(16)18)11-6-5-7-12-13(11)8-27-17(12)26/h5-7,9-10,23H,8H2,1-4H3/t10-/m1/s1. The summed E-state index contributed by atoms with van der Waals surface area (Å²) in [6, 6.07) is 5.60. The third-order valence-electron chi connectivity index (χ3n) is 5.05. The van der Waals surface area contributed by atoms with Gasteiger partial charge in [0.1, 0.15) is 23.9 Å². The van der Waals surface area contributed by atoms with Gasteiger partial charge >= 0.3 is 5.97 Å². The lowest BCUT2D eigenvalue weighted by molar-refractivity contribution is 0.0535. The summed E-state index contributed by atoms with van der Waals surface area (Å²) < 4.78 is 6.85. The van der Waals surface area contributed by atoms with E-state index >= 15 is 0 Å². The molecule has 3 aromatic rings. The van der Waals surface area contributed by atoms with Gasteiger partial charge in [0, 0.05) is 11.6 Å². The second-order valence-electron chi connectivity index (χ2n) is 7.74. The summed E-state index contributed by atoms with van der Waals surface area (Å²) in [7, 11) is 0. The van der Waals surface area contributed by atoms with Gasteiger partial charge in [-0.1, -0.05) is 44.5 Å². The van der Waals surface area contributed by atoms with Gasteiger partial charge in [0.15, 0.2) is 0 Å². The quantitative estimate of drug-likeness (QED) is 0.542. The first-order valence-corrected chi connectivity index (χ1v) is 9.10. The average Bonchev–Trinajstić information content (AvgIpc) is 3.21. The minimum absolute atomic E-state index is 0.00235. The van der Waals surface area contributed by atoms with E-state index in [9.17, 15) is 4.79 Å². The van der Waals surface area contributed by atoms with Crippen LogP contribution in [0, 0.1) is 5.41 Å². The molecule has 1 atom stereocenters. The Hall–Kier alpha value is -2.67. The molecule has 1 aliphatic heterocycles. The number of ether oxygens (including phenoxy) is 1. The molecule has 3 heterocycles. The van der Waals surface area contributed by atoms with Crippen LogP contribution in [0.4, 0.5) is 5.82 Å². The molecule has 8 heteroatoms. The van der Waals surface area contributed by atoms with Gasteiger partial charge in [-0.05, 0) is 24.0 Å². The fraction of sp³-hybridized carbons (Fsp3) is 0.368. The van der Waals surface area contributed by atoms with Crippen LogP contribution in [0.15, 0.2) is 24.5 Å². The Morgan fingerprint density at radius 3 is 2.78 bits per heavy atom. The van der Waals surface area contributed by atoms with Gasteiger partial charge in [0.25, 0.3) is 5.78 Å². The number of halogens is 1. The zero-order valence-corrected chi connectivity index (χ0v) is 16.3. The van der Waals surface area contributed by atoms with Crippen LogP contribution in [0.1, 0.15) is 43.6 Å². The van der Waals surface area contributed by atoms with E-state index in [0.29, 0.717) is 27.9 Å². The summed E-state index contributed by atoms with van der Waals surface area (Å²) in [6.45, 7) is 8.77. The van der Waals surface area contributed by atoms with Crippen LogP contribution in [0.5, 0.6) is 0 Å². The van der Waals surface area contributed by atoms with Crippen molar-refractivity contribution in [3.63, 3.8) is 0 Å². The average molecular weight is 386 g/mol. The molecule has 1 aromatic carbocycles. The van der Waals surface area contributed by atoms with E-state index in [1.807, 2.05) is 12.1 Å². The van der Waals surface area contributed by atoms with Crippen LogP contribution in [-0.4, -0.2) is 31.6 Å². The highest BCUT2D eigenvalue weighted by Crippen LogP contribution is 2.40. The van der Waals surface area contributed by atoms with Crippen LogP contribution in [0.25, 0.3) is 16.9 Å². The second kappa shape index (κ2) is 6.20. The molecular weight excluding hydrogens is 366 g/mol. The van der Waals surface area contributed by atoms with Crippen LogP contribution in [-0.2, 0) is 11.3 Å². The SMILES string of the molecule is C[C@@H](Nc1c(-c2cccc3c2COC3=O)c(Cl)nc2ncnn12)C(C)(C)C. The Labute approximate surface area is 161 Å². The molecular formula is C19H20ClN5O2. The maximum absolute atomic E-state index is 12.0. The number of benzene rings is 1. The number of carbonyl (C=O) groups excluding carboxylic acids is 1. The van der Waals surface area contributed by atoms with Crippen molar-refractivity contribution < 1.29 is 9.53 Å². The number of cyclic esters (lactones) is 1. The molecule has 0 fully saturated rings. The number of nitrogens with zero attached hydrogens (tertiary/aromatic N) is 4. The Bertz CT molecular complexity index is 1050. The molecule has 4 rings (SSSR count). The molecule has 0 bridgehead atoms. The predicted octanol–water partition coefficient (Wildman–Crippen LogP) is 3.96. The van der Waals surface area contributed by atoms with Gasteiger partial charge in [-0.3, -0.25) is 0 Å². The topological polar surface area (TPSA) is 81.4 Å². The van der Waals surface area contributed by atoms with Crippen LogP contribution < -0.4 is 5.32 Å². The van der Waals surface area contributed by atoms with Crippen molar-refractivity contribution >= 4 is 29.2 Å². The molecule has 0 unspecified atom stereocenters. The highest BCUT2D eigenvalue weighted by atomic mass is 35.5. The highest BCUT2D eigenvalue weighted by Gasteiger charge is 2.29. The Morgan fingerprint density at radius 1 is 1.30 bits per heavy atom. The minimum Gasteiger partial charge on any atom is -0.457 e. The summed E-state index contributed by atoms with van der Waals surface area (Å²) in [5.74, 6) is 0.778. The number of nitrogens with one attached hydrogen (secondary N) is 1. The van der Waals surface area contributed by atoms with Gasteiger partial charge in [0.05, 0.1) is 11.1 Å². The lowest BCUT2D eigenvalue weighted by atomic mass is 9.88. The first kappa shape index (κ1) is 17.7. The van der Waals surface area contributed by atoms with E-state index in [0.717, 1.165) is 11.1 Å². The van der Waals surface area contributed by atoms with E-state index in [1.165, 1.54) is 6.33 Å². The molecule has 0 radical (unpaired) electrons. The third kappa shape index (κ3) is 2.92. The number of hydrogen-bond acceptors (Lipinski definition) is 6. The maximum Gasteiger partial charge on any atom is 0.338 e. The van der Waals surface area contributed by atoms with Crippen molar-refractivity contribution in [1.82, 2.24) is 19.6 Å². The van der Waals surface area contributed by atoms with Crippen molar-refractivity contribution in [2.24, 2.45) is 5.41 Å². The van der Waals surface area contributed by atoms with E-state index < -0.39 is 0 Å². The van der Waals surface area contributed by atoms with Gasteiger partial charge in [-0.2, -0.15) is 19.6 Å². The molecule has 1 N–H and O–H groups in total. The number of esters is 1. The summed E-state index contributed by atoms with van der Waals surface area (Å²) in [4.78, 5) is 20.5. The molecule has 0 amide bonds. The molecule has 0 spiro atoms. The third-order valence-corrected chi connectivity index (χ3v) is 5.32. The van der Waals surface area contributed by atoms with Crippen LogP contribution in [0.2, 0.25) is 5.15 Å². The lowest BCUT2D eigenvalue weighted by Crippen LogP contribution is -2.32. The fourth-order valence-electron chi connectivity index (χ4n) is 2.99. The molecule has 0 aliphatic carbocycles. The molecule has 27 heavy (non-hydrogen) atoms. The van der Waals surface area contributed by atoms with E-state index in [2.05, 4.69) is 48.1 Å². The second-order valence-corrected chi connectivity index (χ2v) is 8.10. The van der Waals surface area contributed by atoms with E-state index in [1.54, 1.807) is 10.6 Å². The first-order chi connectivity index (χ1) is 12.8. The molecule has 7 nitrogen and oxygen atoms in total. The van der Waals surface area contributed by atoms with Crippen LogP contribution >= 0.6 is 11.6 Å². The minimum atomic E-state index is -0.324. The molecule has 140 valence electrons. The smallest absolute Gasteiger partial charge is 0.338 e. The van der Waals surface area contributed by atoms with Gasteiger partial charge in [0.2, 0.25) is 0 Å². The molecule has 0 saturated carbocycles. The van der Waals surface area contributed by atoms with Crippen molar-refractivity contribution in [3.05, 3.63) is 40.8 Å². The van der Waals surface area contributed by atoms with Crippen molar-refractivity contribution in [1.29, 1.82) is 0 Å². The van der Waals surface area contributed by atoms with Crippen LogP contribution in [0.3, 0.4) is 0 Å². The number of rotatable bonds is 3. The molecule has 2 aromatic heterocycles.